The topological polar surface area (TPSA) is 89.5 Å². The highest BCUT2D eigenvalue weighted by Gasteiger charge is 2.17. The van der Waals surface area contributed by atoms with Crippen LogP contribution in [0.15, 0.2) is 29.2 Å². The zero-order chi connectivity index (χ0) is 18.2. The zero-order valence-electron chi connectivity index (χ0n) is 13.7. The molecule has 0 radical (unpaired) electrons. The van der Waals surface area contributed by atoms with Crippen molar-refractivity contribution in [2.45, 2.75) is 31.6 Å². The van der Waals surface area contributed by atoms with Crippen LogP contribution in [-0.4, -0.2) is 39.2 Å². The maximum atomic E-state index is 12.1. The lowest BCUT2D eigenvalue weighted by atomic mass is 10.1. The summed E-state index contributed by atoms with van der Waals surface area (Å²) in [6.45, 7) is 4.18. The molecular weight excluding hydrogens is 354 g/mol. The lowest BCUT2D eigenvalue weighted by molar-refractivity contribution is -0.148. The van der Waals surface area contributed by atoms with Crippen molar-refractivity contribution in [1.82, 2.24) is 5.32 Å². The van der Waals surface area contributed by atoms with Crippen LogP contribution in [-0.2, 0) is 24.2 Å². The Morgan fingerprint density at radius 2 is 1.83 bits per heavy atom. The van der Waals surface area contributed by atoms with E-state index in [0.717, 1.165) is 6.42 Å². The van der Waals surface area contributed by atoms with Gasteiger partial charge in [0, 0.05) is 11.6 Å². The standard InChI is InChI=1S/C16H22ClNO5S/c1-12(2)7-9-18-15(19)11-23-16(20)8-10-24(21,22)14-5-3-13(17)4-6-14/h3-6,12H,7-11H2,1-2H3,(H,18,19). The number of rotatable bonds is 9. The first-order valence-electron chi connectivity index (χ1n) is 7.61. The van der Waals surface area contributed by atoms with Crippen molar-refractivity contribution in [1.29, 1.82) is 0 Å². The minimum Gasteiger partial charge on any atom is -0.456 e. The molecule has 0 aliphatic heterocycles. The Bertz CT molecular complexity index is 656. The predicted molar refractivity (Wildman–Crippen MR) is 91.5 cm³/mol. The molecule has 6 nitrogen and oxygen atoms in total. The molecule has 0 fully saturated rings. The number of ether oxygens (including phenoxy) is 1. The molecule has 0 saturated carbocycles. The number of amides is 1. The molecule has 0 atom stereocenters. The molecule has 1 aromatic rings. The Labute approximate surface area is 147 Å². The van der Waals surface area contributed by atoms with Gasteiger partial charge in [-0.05, 0) is 36.6 Å². The van der Waals surface area contributed by atoms with E-state index < -0.39 is 28.3 Å². The van der Waals surface area contributed by atoms with Crippen LogP contribution >= 0.6 is 11.6 Å². The summed E-state index contributed by atoms with van der Waals surface area (Å²) < 4.78 is 28.9. The van der Waals surface area contributed by atoms with Crippen molar-refractivity contribution in [2.24, 2.45) is 5.92 Å². The van der Waals surface area contributed by atoms with Crippen LogP contribution in [0.2, 0.25) is 5.02 Å². The summed E-state index contributed by atoms with van der Waals surface area (Å²) in [5, 5.41) is 3.05. The summed E-state index contributed by atoms with van der Waals surface area (Å²) in [5.74, 6) is -1.05. The number of halogens is 1. The molecule has 0 bridgehead atoms. The van der Waals surface area contributed by atoms with E-state index in [1.807, 2.05) is 13.8 Å². The Morgan fingerprint density at radius 3 is 2.42 bits per heavy atom. The molecule has 0 aliphatic rings. The van der Waals surface area contributed by atoms with E-state index in [9.17, 15) is 18.0 Å². The first-order chi connectivity index (χ1) is 11.2. The van der Waals surface area contributed by atoms with Gasteiger partial charge in [0.25, 0.3) is 5.91 Å². The number of hydrogen-bond donors (Lipinski definition) is 1. The molecule has 1 rings (SSSR count). The quantitative estimate of drug-likeness (QED) is 0.668. The number of hydrogen-bond acceptors (Lipinski definition) is 5. The van der Waals surface area contributed by atoms with Gasteiger partial charge in [-0.2, -0.15) is 0 Å². The van der Waals surface area contributed by atoms with Gasteiger partial charge in [-0.1, -0.05) is 25.4 Å². The van der Waals surface area contributed by atoms with Crippen molar-refractivity contribution >= 4 is 33.3 Å². The fourth-order valence-corrected chi connectivity index (χ4v) is 3.09. The summed E-state index contributed by atoms with van der Waals surface area (Å²) in [4.78, 5) is 23.1. The van der Waals surface area contributed by atoms with Crippen LogP contribution in [0.3, 0.4) is 0 Å². The zero-order valence-corrected chi connectivity index (χ0v) is 15.3. The number of carbonyl (C=O) groups is 2. The molecule has 134 valence electrons. The maximum Gasteiger partial charge on any atom is 0.307 e. The Morgan fingerprint density at radius 1 is 1.21 bits per heavy atom. The average Bonchev–Trinajstić information content (AvgIpc) is 2.51. The normalized spacial score (nSPS) is 11.3. The second-order valence-corrected chi connectivity index (χ2v) is 8.26. The number of sulfone groups is 1. The Kier molecular flexibility index (Phi) is 8.21. The van der Waals surface area contributed by atoms with E-state index in [0.29, 0.717) is 17.5 Å². The molecule has 8 heteroatoms. The molecule has 0 spiro atoms. The molecule has 0 aromatic heterocycles. The van der Waals surface area contributed by atoms with Gasteiger partial charge < -0.3 is 10.1 Å². The van der Waals surface area contributed by atoms with E-state index >= 15 is 0 Å². The van der Waals surface area contributed by atoms with E-state index in [-0.39, 0.29) is 17.1 Å². The van der Waals surface area contributed by atoms with Gasteiger partial charge in [0.2, 0.25) is 0 Å². The van der Waals surface area contributed by atoms with Crippen LogP contribution in [0.4, 0.5) is 0 Å². The van der Waals surface area contributed by atoms with E-state index in [1.165, 1.54) is 24.3 Å². The van der Waals surface area contributed by atoms with Gasteiger partial charge in [-0.15, -0.1) is 0 Å². The lowest BCUT2D eigenvalue weighted by Gasteiger charge is -2.08. The predicted octanol–water partition coefficient (Wildman–Crippen LogP) is 2.21. The van der Waals surface area contributed by atoms with Crippen LogP contribution < -0.4 is 5.32 Å². The van der Waals surface area contributed by atoms with Crippen molar-refractivity contribution in [3.05, 3.63) is 29.3 Å². The molecule has 0 unspecified atom stereocenters. The highest BCUT2D eigenvalue weighted by Crippen LogP contribution is 2.16. The highest BCUT2D eigenvalue weighted by atomic mass is 35.5. The third-order valence-corrected chi connectivity index (χ3v) is 5.14. The minimum absolute atomic E-state index is 0.0890. The highest BCUT2D eigenvalue weighted by molar-refractivity contribution is 7.91. The van der Waals surface area contributed by atoms with Crippen LogP contribution in [0, 0.1) is 5.92 Å². The van der Waals surface area contributed by atoms with Crippen molar-refractivity contribution < 1.29 is 22.7 Å². The van der Waals surface area contributed by atoms with Crippen molar-refractivity contribution in [3.8, 4) is 0 Å². The molecule has 0 aliphatic carbocycles. The smallest absolute Gasteiger partial charge is 0.307 e. The third kappa shape index (κ3) is 7.79. The maximum absolute atomic E-state index is 12.1. The van der Waals surface area contributed by atoms with Crippen molar-refractivity contribution in [2.75, 3.05) is 18.9 Å². The summed E-state index contributed by atoms with van der Waals surface area (Å²) in [6.07, 6.45) is 0.517. The molecule has 0 saturated heterocycles. The van der Waals surface area contributed by atoms with Crippen LogP contribution in [0.1, 0.15) is 26.7 Å². The summed E-state index contributed by atoms with van der Waals surface area (Å²) in [6, 6.07) is 5.69. The fraction of sp³-hybridized carbons (Fsp3) is 0.500. The Balaban J connectivity index is 2.35. The van der Waals surface area contributed by atoms with Gasteiger partial charge in [0.1, 0.15) is 0 Å². The monoisotopic (exact) mass is 375 g/mol. The van der Waals surface area contributed by atoms with Crippen LogP contribution in [0.25, 0.3) is 0 Å². The average molecular weight is 376 g/mol. The van der Waals surface area contributed by atoms with Crippen LogP contribution in [0.5, 0.6) is 0 Å². The molecule has 0 heterocycles. The van der Waals surface area contributed by atoms with Gasteiger partial charge in [0.05, 0.1) is 17.1 Å². The molecular formula is C16H22ClNO5S. The molecule has 1 N–H and O–H groups in total. The second-order valence-electron chi connectivity index (χ2n) is 5.72. The number of esters is 1. The number of nitrogens with one attached hydrogen (secondary N) is 1. The first-order valence-corrected chi connectivity index (χ1v) is 9.64. The molecule has 24 heavy (non-hydrogen) atoms. The number of carbonyl (C=O) groups excluding carboxylic acids is 2. The third-order valence-electron chi connectivity index (χ3n) is 3.16. The largest absolute Gasteiger partial charge is 0.456 e. The fourth-order valence-electron chi connectivity index (χ4n) is 1.75. The lowest BCUT2D eigenvalue weighted by Crippen LogP contribution is -2.30. The molecule has 1 aromatic carbocycles. The van der Waals surface area contributed by atoms with E-state index in [2.05, 4.69) is 5.32 Å². The number of benzene rings is 1. The second kappa shape index (κ2) is 9.64. The van der Waals surface area contributed by atoms with E-state index in [1.54, 1.807) is 0 Å². The van der Waals surface area contributed by atoms with E-state index in [4.69, 9.17) is 16.3 Å². The summed E-state index contributed by atoms with van der Waals surface area (Å²) in [7, 11) is -3.59. The van der Waals surface area contributed by atoms with Gasteiger partial charge in [0.15, 0.2) is 16.4 Å². The molecule has 1 amide bonds. The summed E-state index contributed by atoms with van der Waals surface area (Å²) >= 11 is 5.71. The minimum atomic E-state index is -3.59. The van der Waals surface area contributed by atoms with Gasteiger partial charge >= 0.3 is 5.97 Å². The van der Waals surface area contributed by atoms with Crippen molar-refractivity contribution in [3.63, 3.8) is 0 Å². The Hall–Kier alpha value is -1.60. The first kappa shape index (κ1) is 20.4. The summed E-state index contributed by atoms with van der Waals surface area (Å²) in [5.41, 5.74) is 0. The SMILES string of the molecule is CC(C)CCNC(=O)COC(=O)CCS(=O)(=O)c1ccc(Cl)cc1. The van der Waals surface area contributed by atoms with Gasteiger partial charge in [-0.3, -0.25) is 9.59 Å². The van der Waals surface area contributed by atoms with Gasteiger partial charge in [-0.25, -0.2) is 8.42 Å².